The Morgan fingerprint density at radius 1 is 1.33 bits per heavy atom. The van der Waals surface area contributed by atoms with Crippen molar-refractivity contribution in [2.75, 3.05) is 0 Å². The zero-order chi connectivity index (χ0) is 11.8. The van der Waals surface area contributed by atoms with Gasteiger partial charge in [0, 0.05) is 17.3 Å². The van der Waals surface area contributed by atoms with Crippen molar-refractivity contribution < 1.29 is 22.0 Å². The summed E-state index contributed by atoms with van der Waals surface area (Å²) in [4.78, 5) is 12.6. The summed E-state index contributed by atoms with van der Waals surface area (Å²) < 4.78 is 61.6. The van der Waals surface area contributed by atoms with Crippen LogP contribution in [-0.4, -0.2) is 4.98 Å². The van der Waals surface area contributed by atoms with Gasteiger partial charge in [-0.15, -0.1) is 0 Å². The third-order valence-corrected chi connectivity index (χ3v) is 1.78. The average Bonchev–Trinajstić information content (AvgIpc) is 1.99. The van der Waals surface area contributed by atoms with Crippen molar-refractivity contribution >= 4 is 0 Å². The molecule has 0 aliphatic rings. The summed E-state index contributed by atoms with van der Waals surface area (Å²) in [6.45, 7) is 0.927. The highest BCUT2D eigenvalue weighted by molar-refractivity contribution is 5.32. The molecule has 1 rings (SSSR count). The third kappa shape index (κ3) is 2.34. The molecule has 0 amide bonds. The normalized spacial score (nSPS) is 12.2. The molecule has 0 atom stereocenters. The van der Waals surface area contributed by atoms with Crippen molar-refractivity contribution in [3.8, 4) is 0 Å². The van der Waals surface area contributed by atoms with Gasteiger partial charge in [0.15, 0.2) is 0 Å². The molecule has 1 heterocycles. The summed E-state index contributed by atoms with van der Waals surface area (Å²) in [5.74, 6) is 0. The van der Waals surface area contributed by atoms with Crippen LogP contribution in [0.4, 0.5) is 22.0 Å². The van der Waals surface area contributed by atoms with Crippen LogP contribution in [0, 0.1) is 6.92 Å². The van der Waals surface area contributed by atoms with Crippen LogP contribution in [0.15, 0.2) is 10.9 Å². The van der Waals surface area contributed by atoms with Crippen LogP contribution < -0.4 is 5.56 Å². The monoisotopic (exact) mass is 227 g/mol. The van der Waals surface area contributed by atoms with E-state index in [1.54, 1.807) is 0 Å². The Balaban J connectivity index is 3.55. The van der Waals surface area contributed by atoms with Gasteiger partial charge in [-0.25, -0.2) is 8.78 Å². The smallest absolute Gasteiger partial charge is 0.326 e. The topological polar surface area (TPSA) is 32.9 Å². The Hall–Kier alpha value is -1.40. The molecular formula is C8H6F5NO. The lowest BCUT2D eigenvalue weighted by Crippen LogP contribution is -2.19. The number of alkyl halides is 5. The summed E-state index contributed by atoms with van der Waals surface area (Å²) >= 11 is 0. The quantitative estimate of drug-likeness (QED) is 0.735. The van der Waals surface area contributed by atoms with Crippen LogP contribution in [-0.2, 0) is 6.18 Å². The lowest BCUT2D eigenvalue weighted by Gasteiger charge is -2.14. The molecule has 0 radical (unpaired) electrons. The summed E-state index contributed by atoms with van der Waals surface area (Å²) in [5.41, 5.74) is -4.35. The lowest BCUT2D eigenvalue weighted by molar-refractivity contribution is -0.140. The number of pyridine rings is 1. The second-order valence-electron chi connectivity index (χ2n) is 2.89. The second kappa shape index (κ2) is 3.63. The number of halogens is 5. The molecule has 0 bridgehead atoms. The average molecular weight is 227 g/mol. The summed E-state index contributed by atoms with van der Waals surface area (Å²) in [7, 11) is 0. The Morgan fingerprint density at radius 2 is 1.87 bits per heavy atom. The van der Waals surface area contributed by atoms with Crippen molar-refractivity contribution in [1.82, 2.24) is 4.98 Å². The minimum Gasteiger partial charge on any atom is -0.326 e. The first-order chi connectivity index (χ1) is 6.73. The molecule has 0 saturated heterocycles. The number of aromatic nitrogens is 1. The predicted molar refractivity (Wildman–Crippen MR) is 41.8 cm³/mol. The molecule has 15 heavy (non-hydrogen) atoms. The van der Waals surface area contributed by atoms with Crippen LogP contribution in [0.2, 0.25) is 0 Å². The van der Waals surface area contributed by atoms with Gasteiger partial charge in [-0.2, -0.15) is 13.2 Å². The fourth-order valence-corrected chi connectivity index (χ4v) is 1.26. The molecule has 1 N–H and O–H groups in total. The van der Waals surface area contributed by atoms with Crippen molar-refractivity contribution in [1.29, 1.82) is 0 Å². The van der Waals surface area contributed by atoms with Crippen molar-refractivity contribution in [3.63, 3.8) is 0 Å². The van der Waals surface area contributed by atoms with E-state index in [9.17, 15) is 26.7 Å². The van der Waals surface area contributed by atoms with E-state index in [0.29, 0.717) is 0 Å². The van der Waals surface area contributed by atoms with Crippen LogP contribution in [0.1, 0.15) is 23.2 Å². The van der Waals surface area contributed by atoms with E-state index in [1.165, 1.54) is 0 Å². The molecular weight excluding hydrogens is 221 g/mol. The standard InChI is InChI=1S/C8H6F5NO/c1-3-6(8(11,12)13)4(7(9)10)2-5(15)14-3/h2,7H,1H3,(H,14,15). The summed E-state index contributed by atoms with van der Waals surface area (Å²) in [6.07, 6.45) is -8.23. The Kier molecular flexibility index (Phi) is 2.83. The molecule has 0 saturated carbocycles. The number of aromatic amines is 1. The Morgan fingerprint density at radius 3 is 2.27 bits per heavy atom. The minimum atomic E-state index is -4.90. The van der Waals surface area contributed by atoms with E-state index in [4.69, 9.17) is 0 Å². The van der Waals surface area contributed by atoms with Crippen LogP contribution in [0.5, 0.6) is 0 Å². The number of H-pyrrole nitrogens is 1. The fraction of sp³-hybridized carbons (Fsp3) is 0.375. The van der Waals surface area contributed by atoms with Crippen molar-refractivity contribution in [2.24, 2.45) is 0 Å². The molecule has 84 valence electrons. The van der Waals surface area contributed by atoms with Gasteiger partial charge in [0.1, 0.15) is 0 Å². The van der Waals surface area contributed by atoms with Crippen molar-refractivity contribution in [3.05, 3.63) is 33.2 Å². The van der Waals surface area contributed by atoms with Gasteiger partial charge in [-0.1, -0.05) is 0 Å². The molecule has 2 nitrogen and oxygen atoms in total. The molecule has 0 spiro atoms. The predicted octanol–water partition coefficient (Wildman–Crippen LogP) is 2.64. The summed E-state index contributed by atoms with van der Waals surface area (Å²) in [6, 6.07) is 0.264. The zero-order valence-corrected chi connectivity index (χ0v) is 7.45. The molecule has 7 heteroatoms. The molecule has 1 aromatic heterocycles. The van der Waals surface area contributed by atoms with Crippen LogP contribution >= 0.6 is 0 Å². The summed E-state index contributed by atoms with van der Waals surface area (Å²) in [5, 5.41) is 0. The van der Waals surface area contributed by atoms with Gasteiger partial charge in [-0.05, 0) is 6.92 Å². The number of hydrogen-bond donors (Lipinski definition) is 1. The highest BCUT2D eigenvalue weighted by Crippen LogP contribution is 2.36. The van der Waals surface area contributed by atoms with E-state index in [1.807, 2.05) is 4.98 Å². The van der Waals surface area contributed by atoms with Gasteiger partial charge in [0.25, 0.3) is 6.43 Å². The zero-order valence-electron chi connectivity index (χ0n) is 7.45. The maximum atomic E-state index is 12.3. The molecule has 0 unspecified atom stereocenters. The van der Waals surface area contributed by atoms with E-state index in [0.717, 1.165) is 6.92 Å². The molecule has 0 aliphatic carbocycles. The lowest BCUT2D eigenvalue weighted by atomic mass is 10.1. The third-order valence-electron chi connectivity index (χ3n) is 1.78. The van der Waals surface area contributed by atoms with E-state index in [-0.39, 0.29) is 6.07 Å². The first-order valence-corrected chi connectivity index (χ1v) is 3.82. The molecule has 1 aromatic rings. The fourth-order valence-electron chi connectivity index (χ4n) is 1.26. The van der Waals surface area contributed by atoms with Gasteiger partial charge in [0.2, 0.25) is 5.56 Å². The van der Waals surface area contributed by atoms with E-state index in [2.05, 4.69) is 0 Å². The van der Waals surface area contributed by atoms with E-state index >= 15 is 0 Å². The Labute approximate surface area is 80.7 Å². The number of rotatable bonds is 1. The van der Waals surface area contributed by atoms with Crippen LogP contribution in [0.25, 0.3) is 0 Å². The maximum absolute atomic E-state index is 12.3. The molecule has 0 aromatic carbocycles. The van der Waals surface area contributed by atoms with Gasteiger partial charge in [-0.3, -0.25) is 4.79 Å². The van der Waals surface area contributed by atoms with Gasteiger partial charge < -0.3 is 4.98 Å². The molecule has 0 fully saturated rings. The highest BCUT2D eigenvalue weighted by atomic mass is 19.4. The van der Waals surface area contributed by atoms with Crippen LogP contribution in [0.3, 0.4) is 0 Å². The first kappa shape index (κ1) is 11.7. The maximum Gasteiger partial charge on any atom is 0.418 e. The molecule has 0 aliphatic heterocycles. The second-order valence-corrected chi connectivity index (χ2v) is 2.89. The SMILES string of the molecule is Cc1[nH]c(=O)cc(C(F)F)c1C(F)(F)F. The van der Waals surface area contributed by atoms with Gasteiger partial charge in [0.05, 0.1) is 5.56 Å². The first-order valence-electron chi connectivity index (χ1n) is 3.82. The Bertz CT molecular complexity index is 420. The largest absolute Gasteiger partial charge is 0.418 e. The number of aryl methyl sites for hydroxylation is 1. The number of nitrogens with one attached hydrogen (secondary N) is 1. The minimum absolute atomic E-state index is 0.264. The van der Waals surface area contributed by atoms with Crippen molar-refractivity contribution in [2.45, 2.75) is 19.5 Å². The van der Waals surface area contributed by atoms with E-state index < -0.39 is 35.0 Å². The van der Waals surface area contributed by atoms with Gasteiger partial charge >= 0.3 is 6.18 Å². The number of hydrogen-bond acceptors (Lipinski definition) is 1. The highest BCUT2D eigenvalue weighted by Gasteiger charge is 2.38.